The summed E-state index contributed by atoms with van der Waals surface area (Å²) in [6.07, 6.45) is 0.268. The summed E-state index contributed by atoms with van der Waals surface area (Å²) in [5.74, 6) is -0.795. The molecule has 1 atom stereocenters. The first-order valence-electron chi connectivity index (χ1n) is 14.1. The van der Waals surface area contributed by atoms with Gasteiger partial charge < -0.3 is 10.2 Å². The second-order valence-corrected chi connectivity index (χ2v) is 13.1. The summed E-state index contributed by atoms with van der Waals surface area (Å²) >= 11 is 3.45. The summed E-state index contributed by atoms with van der Waals surface area (Å²) in [4.78, 5) is 29.6. The normalized spacial score (nSPS) is 11.9. The molecular weight excluding hydrogens is 626 g/mol. The van der Waals surface area contributed by atoms with Gasteiger partial charge in [0.1, 0.15) is 12.6 Å². The largest absolute Gasteiger partial charge is 0.355 e. The van der Waals surface area contributed by atoms with Gasteiger partial charge >= 0.3 is 0 Å². The third-order valence-electron chi connectivity index (χ3n) is 7.13. The maximum absolute atomic E-state index is 14.4. The number of carbonyl (C=O) groups excluding carboxylic acids is 2. The SMILES string of the molecule is CCNC(=O)[C@@H](Cc1ccccc1)N(Cc1ccc(Br)cc1)C(=O)CN(c1cc(C)ccc1C)S(=O)(=O)c1ccccc1. The van der Waals surface area contributed by atoms with Crippen LogP contribution in [0.15, 0.2) is 112 Å². The lowest BCUT2D eigenvalue weighted by molar-refractivity contribution is -0.140. The Bertz CT molecular complexity index is 1650. The Morgan fingerprint density at radius 1 is 0.837 bits per heavy atom. The van der Waals surface area contributed by atoms with Gasteiger partial charge in [-0.3, -0.25) is 13.9 Å². The molecule has 224 valence electrons. The van der Waals surface area contributed by atoms with Crippen molar-refractivity contribution >= 4 is 43.5 Å². The van der Waals surface area contributed by atoms with E-state index in [9.17, 15) is 18.0 Å². The highest BCUT2D eigenvalue weighted by Gasteiger charge is 2.35. The maximum atomic E-state index is 14.4. The fraction of sp³-hybridized carbons (Fsp3) is 0.235. The summed E-state index contributed by atoms with van der Waals surface area (Å²) in [6, 6.07) is 29.7. The quantitative estimate of drug-likeness (QED) is 0.201. The fourth-order valence-electron chi connectivity index (χ4n) is 4.85. The minimum absolute atomic E-state index is 0.0766. The Morgan fingerprint density at radius 3 is 2.09 bits per heavy atom. The zero-order valence-corrected chi connectivity index (χ0v) is 26.9. The van der Waals surface area contributed by atoms with Crippen molar-refractivity contribution < 1.29 is 18.0 Å². The van der Waals surface area contributed by atoms with Gasteiger partial charge in [0.05, 0.1) is 10.6 Å². The van der Waals surface area contributed by atoms with Crippen LogP contribution in [0.3, 0.4) is 0 Å². The van der Waals surface area contributed by atoms with E-state index in [0.29, 0.717) is 17.8 Å². The Kier molecular flexibility index (Phi) is 10.8. The molecular formula is C34H36BrN3O4S. The van der Waals surface area contributed by atoms with Gasteiger partial charge in [-0.05, 0) is 73.4 Å². The molecule has 0 bridgehead atoms. The molecule has 0 unspecified atom stereocenters. The standard InChI is InChI=1S/C34H36BrN3O4S/c1-4-36-34(40)32(22-27-11-7-5-8-12-27)37(23-28-17-19-29(35)20-18-28)33(39)24-38(31-21-25(2)15-16-26(31)3)43(41,42)30-13-9-6-10-14-30/h5-21,32H,4,22-24H2,1-3H3,(H,36,40)/t32-/m1/s1. The first kappa shape index (κ1) is 32.0. The van der Waals surface area contributed by atoms with Crippen LogP contribution in [0.1, 0.15) is 29.2 Å². The summed E-state index contributed by atoms with van der Waals surface area (Å²) in [7, 11) is -4.14. The van der Waals surface area contributed by atoms with Crippen LogP contribution in [0, 0.1) is 13.8 Å². The van der Waals surface area contributed by atoms with Crippen molar-refractivity contribution in [2.45, 2.75) is 44.7 Å². The van der Waals surface area contributed by atoms with Gasteiger partial charge in [-0.1, -0.05) is 88.7 Å². The summed E-state index contributed by atoms with van der Waals surface area (Å²) in [5.41, 5.74) is 3.68. The lowest BCUT2D eigenvalue weighted by Gasteiger charge is -2.34. The molecule has 2 amide bonds. The van der Waals surface area contributed by atoms with Gasteiger partial charge in [-0.25, -0.2) is 8.42 Å². The number of amides is 2. The van der Waals surface area contributed by atoms with Crippen molar-refractivity contribution in [2.75, 3.05) is 17.4 Å². The molecule has 0 fully saturated rings. The van der Waals surface area contributed by atoms with Crippen molar-refractivity contribution in [2.24, 2.45) is 0 Å². The van der Waals surface area contributed by atoms with Gasteiger partial charge in [0.25, 0.3) is 10.0 Å². The molecule has 0 saturated heterocycles. The number of sulfonamides is 1. The van der Waals surface area contributed by atoms with E-state index in [4.69, 9.17) is 0 Å². The van der Waals surface area contributed by atoms with Crippen LogP contribution in [0.5, 0.6) is 0 Å². The molecule has 0 aliphatic carbocycles. The topological polar surface area (TPSA) is 86.8 Å². The first-order valence-corrected chi connectivity index (χ1v) is 16.3. The number of hydrogen-bond donors (Lipinski definition) is 1. The Morgan fingerprint density at radius 2 is 1.47 bits per heavy atom. The predicted octanol–water partition coefficient (Wildman–Crippen LogP) is 6.04. The zero-order chi connectivity index (χ0) is 31.0. The highest BCUT2D eigenvalue weighted by Crippen LogP contribution is 2.29. The number of benzene rings is 4. The van der Waals surface area contributed by atoms with Crippen LogP contribution in [0.25, 0.3) is 0 Å². The summed E-state index contributed by atoms with van der Waals surface area (Å²) < 4.78 is 30.3. The van der Waals surface area contributed by atoms with Crippen molar-refractivity contribution in [1.82, 2.24) is 10.2 Å². The predicted molar refractivity (Wildman–Crippen MR) is 174 cm³/mol. The van der Waals surface area contributed by atoms with E-state index in [1.807, 2.05) is 87.5 Å². The molecule has 0 spiro atoms. The smallest absolute Gasteiger partial charge is 0.264 e. The van der Waals surface area contributed by atoms with E-state index < -0.39 is 28.5 Å². The molecule has 43 heavy (non-hydrogen) atoms. The van der Waals surface area contributed by atoms with Gasteiger partial charge in [-0.15, -0.1) is 0 Å². The molecule has 0 aliphatic heterocycles. The molecule has 7 nitrogen and oxygen atoms in total. The highest BCUT2D eigenvalue weighted by atomic mass is 79.9. The summed E-state index contributed by atoms with van der Waals surface area (Å²) in [5, 5.41) is 2.88. The van der Waals surface area contributed by atoms with E-state index in [1.165, 1.54) is 21.3 Å². The minimum Gasteiger partial charge on any atom is -0.355 e. The number of hydrogen-bond acceptors (Lipinski definition) is 4. The molecule has 1 N–H and O–H groups in total. The first-order chi connectivity index (χ1) is 20.6. The van der Waals surface area contributed by atoms with Gasteiger partial charge in [-0.2, -0.15) is 0 Å². The monoisotopic (exact) mass is 661 g/mol. The second-order valence-electron chi connectivity index (χ2n) is 10.4. The van der Waals surface area contributed by atoms with Gasteiger partial charge in [0.2, 0.25) is 11.8 Å². The van der Waals surface area contributed by atoms with Crippen LogP contribution in [0.2, 0.25) is 0 Å². The maximum Gasteiger partial charge on any atom is 0.264 e. The number of rotatable bonds is 12. The third kappa shape index (κ3) is 8.12. The number of nitrogens with zero attached hydrogens (tertiary/aromatic N) is 2. The molecule has 4 aromatic carbocycles. The Labute approximate surface area is 262 Å². The number of nitrogens with one attached hydrogen (secondary N) is 1. The number of anilines is 1. The van der Waals surface area contributed by atoms with E-state index in [1.54, 1.807) is 24.3 Å². The van der Waals surface area contributed by atoms with E-state index in [0.717, 1.165) is 21.2 Å². The van der Waals surface area contributed by atoms with E-state index in [-0.39, 0.29) is 23.8 Å². The number of halogens is 1. The number of likely N-dealkylation sites (N-methyl/N-ethyl adjacent to an activating group) is 1. The molecule has 0 aliphatic rings. The van der Waals surface area contributed by atoms with Crippen molar-refractivity contribution in [3.8, 4) is 0 Å². The van der Waals surface area contributed by atoms with Crippen LogP contribution in [-0.2, 0) is 32.6 Å². The van der Waals surface area contributed by atoms with Gasteiger partial charge in [0, 0.05) is 24.0 Å². The van der Waals surface area contributed by atoms with Crippen molar-refractivity contribution in [3.05, 3.63) is 130 Å². The van der Waals surface area contributed by atoms with Crippen LogP contribution >= 0.6 is 15.9 Å². The Hall–Kier alpha value is -3.95. The number of carbonyl (C=O) groups is 2. The van der Waals surface area contributed by atoms with Crippen molar-refractivity contribution in [1.29, 1.82) is 0 Å². The minimum atomic E-state index is -4.14. The van der Waals surface area contributed by atoms with Crippen LogP contribution in [-0.4, -0.2) is 44.3 Å². The molecule has 0 heterocycles. The lowest BCUT2D eigenvalue weighted by atomic mass is 10.0. The van der Waals surface area contributed by atoms with E-state index in [2.05, 4.69) is 21.2 Å². The van der Waals surface area contributed by atoms with Crippen LogP contribution < -0.4 is 9.62 Å². The van der Waals surface area contributed by atoms with Crippen molar-refractivity contribution in [3.63, 3.8) is 0 Å². The van der Waals surface area contributed by atoms with E-state index >= 15 is 0 Å². The fourth-order valence-corrected chi connectivity index (χ4v) is 6.61. The second kappa shape index (κ2) is 14.5. The zero-order valence-electron chi connectivity index (χ0n) is 24.5. The van der Waals surface area contributed by atoms with Gasteiger partial charge in [0.15, 0.2) is 0 Å². The average molecular weight is 663 g/mol. The number of aryl methyl sites for hydroxylation is 2. The Balaban J connectivity index is 1.81. The summed E-state index contributed by atoms with van der Waals surface area (Å²) in [6.45, 7) is 5.55. The average Bonchev–Trinajstić information content (AvgIpc) is 3.01. The molecule has 0 radical (unpaired) electrons. The molecule has 4 aromatic rings. The molecule has 9 heteroatoms. The molecule has 4 rings (SSSR count). The lowest BCUT2D eigenvalue weighted by Crippen LogP contribution is -2.53. The highest BCUT2D eigenvalue weighted by molar-refractivity contribution is 9.10. The molecule has 0 aromatic heterocycles. The molecule has 0 saturated carbocycles. The van der Waals surface area contributed by atoms with Crippen LogP contribution in [0.4, 0.5) is 5.69 Å². The third-order valence-corrected chi connectivity index (χ3v) is 9.43.